The first-order chi connectivity index (χ1) is 5.81. The van der Waals surface area contributed by atoms with Crippen molar-refractivity contribution in [2.24, 2.45) is 0 Å². The van der Waals surface area contributed by atoms with Crippen LogP contribution in [0.5, 0.6) is 0 Å². The molecule has 0 aliphatic carbocycles. The van der Waals surface area contributed by atoms with Gasteiger partial charge in [-0.05, 0) is 12.8 Å². The molecule has 0 N–H and O–H groups in total. The Bertz CT molecular complexity index is 251. The Morgan fingerprint density at radius 3 is 2.67 bits per heavy atom. The Balaban J connectivity index is 2.79. The van der Waals surface area contributed by atoms with Gasteiger partial charge in [0.05, 0.1) is 6.33 Å². The van der Waals surface area contributed by atoms with Crippen molar-refractivity contribution in [1.29, 1.82) is 0 Å². The maximum absolute atomic E-state index is 10.3. The number of aromatic nitrogens is 2. The van der Waals surface area contributed by atoms with Gasteiger partial charge < -0.3 is 4.57 Å². The second kappa shape index (κ2) is 4.04. The molecule has 0 saturated heterocycles. The Labute approximate surface area is 72.4 Å². The number of nitrogens with zero attached hydrogens (tertiary/aromatic N) is 2. The van der Waals surface area contributed by atoms with Gasteiger partial charge in [-0.25, -0.2) is 4.98 Å². The molecule has 0 atom stereocenters. The minimum atomic E-state index is 0.478. The lowest BCUT2D eigenvalue weighted by Crippen LogP contribution is -2.03. The van der Waals surface area contributed by atoms with Crippen LogP contribution in [0.3, 0.4) is 0 Å². The summed E-state index contributed by atoms with van der Waals surface area (Å²) in [5.41, 5.74) is 0.516. The van der Waals surface area contributed by atoms with Crippen molar-refractivity contribution in [2.45, 2.75) is 32.7 Å². The number of imidazole rings is 1. The van der Waals surface area contributed by atoms with E-state index < -0.39 is 0 Å². The molecule has 0 radical (unpaired) electrons. The van der Waals surface area contributed by atoms with Crippen LogP contribution in [0, 0.1) is 0 Å². The molecule has 1 rings (SSSR count). The summed E-state index contributed by atoms with van der Waals surface area (Å²) in [5.74, 6) is 0. The predicted octanol–water partition coefficient (Wildman–Crippen LogP) is 2.06. The van der Waals surface area contributed by atoms with Crippen molar-refractivity contribution >= 4 is 6.29 Å². The second-order valence-electron chi connectivity index (χ2n) is 2.83. The van der Waals surface area contributed by atoms with Gasteiger partial charge in [0, 0.05) is 12.2 Å². The standard InChI is InChI=1S/C9H14N2O/c1-3-9(4-2)11-5-8(6-12)10-7-11/h5-7,9H,3-4H2,1-2H3. The fraction of sp³-hybridized carbons (Fsp3) is 0.556. The van der Waals surface area contributed by atoms with Crippen molar-refractivity contribution in [2.75, 3.05) is 0 Å². The van der Waals surface area contributed by atoms with E-state index in [9.17, 15) is 4.79 Å². The van der Waals surface area contributed by atoms with Crippen LogP contribution < -0.4 is 0 Å². The van der Waals surface area contributed by atoms with Crippen molar-refractivity contribution in [1.82, 2.24) is 9.55 Å². The minimum Gasteiger partial charge on any atom is -0.334 e. The number of hydrogen-bond donors (Lipinski definition) is 0. The molecule has 0 aliphatic rings. The topological polar surface area (TPSA) is 34.9 Å². The summed E-state index contributed by atoms with van der Waals surface area (Å²) in [4.78, 5) is 14.3. The molecule has 3 nitrogen and oxygen atoms in total. The van der Waals surface area contributed by atoms with E-state index in [0.29, 0.717) is 11.7 Å². The van der Waals surface area contributed by atoms with E-state index in [1.54, 1.807) is 12.5 Å². The van der Waals surface area contributed by atoms with Gasteiger partial charge in [-0.1, -0.05) is 13.8 Å². The molecular weight excluding hydrogens is 152 g/mol. The number of carbonyl (C=O) groups excluding carboxylic acids is 1. The average molecular weight is 166 g/mol. The number of carbonyl (C=O) groups is 1. The molecule has 12 heavy (non-hydrogen) atoms. The van der Waals surface area contributed by atoms with Gasteiger partial charge in [-0.3, -0.25) is 4.79 Å². The summed E-state index contributed by atoms with van der Waals surface area (Å²) < 4.78 is 2.00. The SMILES string of the molecule is CCC(CC)n1cnc(C=O)c1. The van der Waals surface area contributed by atoms with Crippen molar-refractivity contribution in [3.8, 4) is 0 Å². The van der Waals surface area contributed by atoms with E-state index in [1.165, 1.54) is 0 Å². The first-order valence-electron chi connectivity index (χ1n) is 4.30. The molecule has 0 saturated carbocycles. The van der Waals surface area contributed by atoms with Crippen LogP contribution >= 0.6 is 0 Å². The monoisotopic (exact) mass is 166 g/mol. The van der Waals surface area contributed by atoms with Gasteiger partial charge in [-0.2, -0.15) is 0 Å². The van der Waals surface area contributed by atoms with Crippen LogP contribution in [0.2, 0.25) is 0 Å². The normalized spacial score (nSPS) is 10.6. The predicted molar refractivity (Wildman–Crippen MR) is 47.2 cm³/mol. The maximum atomic E-state index is 10.3. The summed E-state index contributed by atoms with van der Waals surface area (Å²) in [6, 6.07) is 0.478. The van der Waals surface area contributed by atoms with Gasteiger partial charge in [0.15, 0.2) is 6.29 Å². The number of aldehydes is 1. The lowest BCUT2D eigenvalue weighted by atomic mass is 10.2. The van der Waals surface area contributed by atoms with Crippen molar-refractivity contribution in [3.05, 3.63) is 18.2 Å². The van der Waals surface area contributed by atoms with E-state index in [0.717, 1.165) is 19.1 Å². The zero-order valence-corrected chi connectivity index (χ0v) is 7.53. The van der Waals surface area contributed by atoms with Crippen LogP contribution in [-0.4, -0.2) is 15.8 Å². The quantitative estimate of drug-likeness (QED) is 0.642. The summed E-state index contributed by atoms with van der Waals surface area (Å²) in [6.45, 7) is 4.27. The highest BCUT2D eigenvalue weighted by Crippen LogP contribution is 2.14. The molecular formula is C9H14N2O. The fourth-order valence-corrected chi connectivity index (χ4v) is 1.32. The van der Waals surface area contributed by atoms with Crippen molar-refractivity contribution < 1.29 is 4.79 Å². The molecule has 0 aromatic carbocycles. The summed E-state index contributed by atoms with van der Waals surface area (Å²) in [6.07, 6.45) is 6.45. The molecule has 0 spiro atoms. The highest BCUT2D eigenvalue weighted by molar-refractivity contribution is 5.70. The van der Waals surface area contributed by atoms with Gasteiger partial charge in [0.2, 0.25) is 0 Å². The first kappa shape index (κ1) is 8.97. The van der Waals surface area contributed by atoms with Gasteiger partial charge >= 0.3 is 0 Å². The third kappa shape index (κ3) is 1.72. The molecule has 0 fully saturated rings. The molecule has 0 amide bonds. The molecule has 0 bridgehead atoms. The first-order valence-corrected chi connectivity index (χ1v) is 4.30. The summed E-state index contributed by atoms with van der Waals surface area (Å²) in [7, 11) is 0. The van der Waals surface area contributed by atoms with E-state index in [2.05, 4.69) is 18.8 Å². The molecule has 0 aliphatic heterocycles. The second-order valence-corrected chi connectivity index (χ2v) is 2.83. The summed E-state index contributed by atoms with van der Waals surface area (Å²) in [5, 5.41) is 0. The van der Waals surface area contributed by atoms with Crippen LogP contribution in [0.1, 0.15) is 43.2 Å². The lowest BCUT2D eigenvalue weighted by molar-refractivity contribution is 0.111. The Morgan fingerprint density at radius 2 is 2.25 bits per heavy atom. The summed E-state index contributed by atoms with van der Waals surface area (Å²) >= 11 is 0. The van der Waals surface area contributed by atoms with Crippen molar-refractivity contribution in [3.63, 3.8) is 0 Å². The fourth-order valence-electron chi connectivity index (χ4n) is 1.32. The van der Waals surface area contributed by atoms with Crippen LogP contribution in [0.4, 0.5) is 0 Å². The number of hydrogen-bond acceptors (Lipinski definition) is 2. The highest BCUT2D eigenvalue weighted by atomic mass is 16.1. The Morgan fingerprint density at radius 1 is 1.58 bits per heavy atom. The van der Waals surface area contributed by atoms with E-state index in [1.807, 2.05) is 4.57 Å². The van der Waals surface area contributed by atoms with Crippen LogP contribution in [-0.2, 0) is 0 Å². The smallest absolute Gasteiger partial charge is 0.169 e. The lowest BCUT2D eigenvalue weighted by Gasteiger charge is -2.12. The molecule has 0 unspecified atom stereocenters. The van der Waals surface area contributed by atoms with Gasteiger partial charge in [0.1, 0.15) is 5.69 Å². The molecule has 66 valence electrons. The van der Waals surface area contributed by atoms with Crippen LogP contribution in [0.25, 0.3) is 0 Å². The molecule has 3 heteroatoms. The van der Waals surface area contributed by atoms with Gasteiger partial charge in [-0.15, -0.1) is 0 Å². The third-order valence-corrected chi connectivity index (χ3v) is 2.11. The largest absolute Gasteiger partial charge is 0.334 e. The maximum Gasteiger partial charge on any atom is 0.169 e. The Kier molecular flexibility index (Phi) is 3.02. The zero-order chi connectivity index (χ0) is 8.97. The molecule has 1 aromatic heterocycles. The van der Waals surface area contributed by atoms with Crippen LogP contribution in [0.15, 0.2) is 12.5 Å². The third-order valence-electron chi connectivity index (χ3n) is 2.11. The molecule has 1 heterocycles. The average Bonchev–Trinajstić information content (AvgIpc) is 2.55. The van der Waals surface area contributed by atoms with E-state index >= 15 is 0 Å². The Hall–Kier alpha value is -1.12. The van der Waals surface area contributed by atoms with E-state index in [4.69, 9.17) is 0 Å². The van der Waals surface area contributed by atoms with Gasteiger partial charge in [0.25, 0.3) is 0 Å². The zero-order valence-electron chi connectivity index (χ0n) is 7.53. The highest BCUT2D eigenvalue weighted by Gasteiger charge is 2.05. The number of rotatable bonds is 4. The van der Waals surface area contributed by atoms with E-state index in [-0.39, 0.29) is 0 Å². The molecule has 1 aromatic rings. The minimum absolute atomic E-state index is 0.478.